The average molecular weight is 247 g/mol. The highest BCUT2D eigenvalue weighted by molar-refractivity contribution is 5.85. The molecule has 94 valence electrons. The lowest BCUT2D eigenvalue weighted by Crippen LogP contribution is -2.45. The number of rotatable bonds is 3. The van der Waals surface area contributed by atoms with Crippen LogP contribution in [-0.4, -0.2) is 18.0 Å². The van der Waals surface area contributed by atoms with Crippen LogP contribution in [0, 0.1) is 11.3 Å². The molecule has 2 saturated carbocycles. The van der Waals surface area contributed by atoms with Crippen LogP contribution in [0.5, 0.6) is 0 Å². The van der Waals surface area contributed by atoms with Crippen molar-refractivity contribution in [1.82, 2.24) is 5.32 Å². The van der Waals surface area contributed by atoms with Crippen molar-refractivity contribution in [2.45, 2.75) is 51.5 Å². The maximum absolute atomic E-state index is 11.8. The van der Waals surface area contributed by atoms with Crippen LogP contribution in [0.2, 0.25) is 0 Å². The summed E-state index contributed by atoms with van der Waals surface area (Å²) >= 11 is 0. The minimum atomic E-state index is -0.298. The van der Waals surface area contributed by atoms with Crippen molar-refractivity contribution in [2.24, 2.45) is 17.1 Å². The van der Waals surface area contributed by atoms with Gasteiger partial charge in [0, 0.05) is 18.0 Å². The van der Waals surface area contributed by atoms with Gasteiger partial charge in [-0.25, -0.2) is 0 Å². The van der Waals surface area contributed by atoms with Gasteiger partial charge in [-0.3, -0.25) is 4.79 Å². The van der Waals surface area contributed by atoms with E-state index in [1.807, 2.05) is 13.8 Å². The first-order valence-corrected chi connectivity index (χ1v) is 6.00. The molecule has 2 aliphatic rings. The summed E-state index contributed by atoms with van der Waals surface area (Å²) in [5.41, 5.74) is 5.94. The van der Waals surface area contributed by atoms with E-state index in [0.717, 1.165) is 6.42 Å². The van der Waals surface area contributed by atoms with Gasteiger partial charge in [0.15, 0.2) is 0 Å². The van der Waals surface area contributed by atoms with Crippen molar-refractivity contribution >= 4 is 18.3 Å². The first kappa shape index (κ1) is 13.8. The van der Waals surface area contributed by atoms with Crippen LogP contribution in [0.3, 0.4) is 0 Å². The Morgan fingerprint density at radius 2 is 2.00 bits per heavy atom. The first-order valence-electron chi connectivity index (χ1n) is 6.00. The molecule has 2 fully saturated rings. The van der Waals surface area contributed by atoms with Gasteiger partial charge in [0.05, 0.1) is 0 Å². The van der Waals surface area contributed by atoms with Gasteiger partial charge in [-0.2, -0.15) is 0 Å². The number of nitrogens with two attached hydrogens (primary N) is 1. The average Bonchev–Trinajstić information content (AvgIpc) is 2.59. The zero-order valence-corrected chi connectivity index (χ0v) is 11.0. The number of nitrogens with one attached hydrogen (secondary N) is 1. The number of hydrogen-bond acceptors (Lipinski definition) is 2. The van der Waals surface area contributed by atoms with Gasteiger partial charge in [-0.05, 0) is 38.5 Å². The van der Waals surface area contributed by atoms with Gasteiger partial charge in [-0.1, -0.05) is 12.8 Å². The lowest BCUT2D eigenvalue weighted by molar-refractivity contribution is -0.123. The molecular formula is C12H23ClN2O. The number of hydrogen-bond donors (Lipinski definition) is 2. The number of carbonyl (C=O) groups is 1. The molecule has 1 amide bonds. The Labute approximate surface area is 104 Å². The molecule has 1 atom stereocenters. The summed E-state index contributed by atoms with van der Waals surface area (Å²) in [4.78, 5) is 11.8. The van der Waals surface area contributed by atoms with Gasteiger partial charge in [-0.15, -0.1) is 12.4 Å². The second kappa shape index (κ2) is 4.53. The molecule has 0 aromatic rings. The van der Waals surface area contributed by atoms with Crippen molar-refractivity contribution in [3.8, 4) is 0 Å². The van der Waals surface area contributed by atoms with Crippen molar-refractivity contribution < 1.29 is 4.79 Å². The quantitative estimate of drug-likeness (QED) is 0.799. The second-order valence-corrected chi connectivity index (χ2v) is 6.03. The Balaban J connectivity index is 0.00000128. The molecule has 0 radical (unpaired) electrons. The third kappa shape index (κ3) is 2.89. The normalized spacial score (nSPS) is 26.3. The summed E-state index contributed by atoms with van der Waals surface area (Å²) in [6.07, 6.45) is 6.26. The van der Waals surface area contributed by atoms with E-state index >= 15 is 0 Å². The van der Waals surface area contributed by atoms with Crippen LogP contribution >= 0.6 is 12.4 Å². The second-order valence-electron chi connectivity index (χ2n) is 6.03. The molecule has 3 nitrogen and oxygen atoms in total. The van der Waals surface area contributed by atoms with E-state index < -0.39 is 0 Å². The fourth-order valence-corrected chi connectivity index (χ4v) is 2.79. The van der Waals surface area contributed by atoms with Gasteiger partial charge in [0.25, 0.3) is 0 Å². The molecule has 0 aliphatic heterocycles. The fourth-order valence-electron chi connectivity index (χ4n) is 2.79. The van der Waals surface area contributed by atoms with Crippen molar-refractivity contribution in [3.05, 3.63) is 0 Å². The molecule has 2 aliphatic carbocycles. The van der Waals surface area contributed by atoms with Gasteiger partial charge in [0.2, 0.25) is 5.91 Å². The molecular weight excluding hydrogens is 224 g/mol. The maximum Gasteiger partial charge on any atom is 0.223 e. The number of amides is 1. The molecule has 2 rings (SSSR count). The summed E-state index contributed by atoms with van der Waals surface area (Å²) in [7, 11) is 0. The predicted octanol–water partition coefficient (Wildman–Crippen LogP) is 1.84. The van der Waals surface area contributed by atoms with Crippen LogP contribution in [0.15, 0.2) is 0 Å². The summed E-state index contributed by atoms with van der Waals surface area (Å²) < 4.78 is 0. The lowest BCUT2D eigenvalue weighted by Gasteiger charge is -2.19. The number of carbonyl (C=O) groups excluding carboxylic acids is 1. The molecule has 0 heterocycles. The largest absolute Gasteiger partial charge is 0.354 e. The molecule has 1 unspecified atom stereocenters. The van der Waals surface area contributed by atoms with E-state index in [9.17, 15) is 4.79 Å². The molecule has 16 heavy (non-hydrogen) atoms. The van der Waals surface area contributed by atoms with E-state index in [4.69, 9.17) is 5.73 Å². The molecule has 4 heteroatoms. The van der Waals surface area contributed by atoms with Crippen molar-refractivity contribution in [1.29, 1.82) is 0 Å². The van der Waals surface area contributed by atoms with E-state index in [2.05, 4.69) is 5.32 Å². The Morgan fingerprint density at radius 3 is 2.50 bits per heavy atom. The van der Waals surface area contributed by atoms with Crippen LogP contribution in [0.1, 0.15) is 46.0 Å². The third-order valence-electron chi connectivity index (χ3n) is 3.82. The SMILES string of the molecule is CC(C)(N)CNC(=O)C1CC12CCCC2.Cl. The van der Waals surface area contributed by atoms with E-state index in [1.165, 1.54) is 25.7 Å². The van der Waals surface area contributed by atoms with Crippen molar-refractivity contribution in [2.75, 3.05) is 6.54 Å². The molecule has 3 N–H and O–H groups in total. The van der Waals surface area contributed by atoms with E-state index in [0.29, 0.717) is 17.9 Å². The Bertz CT molecular complexity index is 267. The van der Waals surface area contributed by atoms with Crippen LogP contribution in [0.4, 0.5) is 0 Å². The Morgan fingerprint density at radius 1 is 1.44 bits per heavy atom. The Hall–Kier alpha value is -0.280. The summed E-state index contributed by atoms with van der Waals surface area (Å²) in [6.45, 7) is 4.45. The highest BCUT2D eigenvalue weighted by atomic mass is 35.5. The standard InChI is InChI=1S/C12H22N2O.ClH/c1-11(2,13)8-14-10(15)9-7-12(9)5-3-4-6-12;/h9H,3-8,13H2,1-2H3,(H,14,15);1H. The smallest absolute Gasteiger partial charge is 0.223 e. The molecule has 0 bridgehead atoms. The highest BCUT2D eigenvalue weighted by Crippen LogP contribution is 2.62. The minimum absolute atomic E-state index is 0. The molecule has 0 saturated heterocycles. The summed E-state index contributed by atoms with van der Waals surface area (Å²) in [6, 6.07) is 0. The monoisotopic (exact) mass is 246 g/mol. The van der Waals surface area contributed by atoms with Crippen LogP contribution in [-0.2, 0) is 4.79 Å². The third-order valence-corrected chi connectivity index (χ3v) is 3.82. The van der Waals surface area contributed by atoms with Gasteiger partial charge < -0.3 is 11.1 Å². The maximum atomic E-state index is 11.8. The summed E-state index contributed by atoms with van der Waals surface area (Å²) in [5.74, 6) is 0.526. The molecule has 0 aromatic heterocycles. The zero-order chi connectivity index (χ0) is 11.1. The predicted molar refractivity (Wildman–Crippen MR) is 67.5 cm³/mol. The molecule has 0 aromatic carbocycles. The number of halogens is 1. The van der Waals surface area contributed by atoms with Gasteiger partial charge >= 0.3 is 0 Å². The topological polar surface area (TPSA) is 55.1 Å². The minimum Gasteiger partial charge on any atom is -0.354 e. The van der Waals surface area contributed by atoms with Gasteiger partial charge in [0.1, 0.15) is 0 Å². The van der Waals surface area contributed by atoms with Crippen molar-refractivity contribution in [3.63, 3.8) is 0 Å². The highest BCUT2D eigenvalue weighted by Gasteiger charge is 2.58. The molecule has 1 spiro atoms. The fraction of sp³-hybridized carbons (Fsp3) is 0.917. The zero-order valence-electron chi connectivity index (χ0n) is 10.2. The first-order chi connectivity index (χ1) is 6.93. The summed E-state index contributed by atoms with van der Waals surface area (Å²) in [5, 5.41) is 2.97. The van der Waals surface area contributed by atoms with E-state index in [-0.39, 0.29) is 23.9 Å². The van der Waals surface area contributed by atoms with Crippen LogP contribution in [0.25, 0.3) is 0 Å². The lowest BCUT2D eigenvalue weighted by atomic mass is 10.0. The Kier molecular flexibility index (Phi) is 3.91. The van der Waals surface area contributed by atoms with E-state index in [1.54, 1.807) is 0 Å². The van der Waals surface area contributed by atoms with Crippen LogP contribution < -0.4 is 11.1 Å².